The molecule has 0 saturated heterocycles. The molecule has 10 heteroatoms. The number of thiazole rings is 1. The lowest BCUT2D eigenvalue weighted by molar-refractivity contribution is -0.384. The number of nitro benzene ring substituents is 1. The molecule has 0 aliphatic heterocycles. The summed E-state index contributed by atoms with van der Waals surface area (Å²) in [6, 6.07) is 8.98. The molecule has 0 radical (unpaired) electrons. The zero-order valence-electron chi connectivity index (χ0n) is 12.4. The summed E-state index contributed by atoms with van der Waals surface area (Å²) in [5.41, 5.74) is 0.526. The zero-order valence-corrected chi connectivity index (χ0v) is 14.7. The van der Waals surface area contributed by atoms with E-state index in [1.54, 1.807) is 12.1 Å². The van der Waals surface area contributed by atoms with Gasteiger partial charge >= 0.3 is 0 Å². The number of nitrogens with one attached hydrogen (secondary N) is 1. The topological polar surface area (TPSA) is 94.4 Å². The molecule has 1 heterocycles. The fraction of sp³-hybridized carbons (Fsp3) is 0.0667. The Bertz CT molecular complexity index is 977. The number of benzene rings is 2. The van der Waals surface area contributed by atoms with Gasteiger partial charge in [0.15, 0.2) is 11.7 Å². The van der Waals surface area contributed by atoms with Crippen LogP contribution in [-0.2, 0) is 4.79 Å². The Labute approximate surface area is 155 Å². The molecular weight excluding hydrogens is 389 g/mol. The minimum atomic E-state index is -0.486. The van der Waals surface area contributed by atoms with Gasteiger partial charge < -0.3 is 4.74 Å². The first-order valence-corrected chi connectivity index (χ1v) is 8.42. The highest BCUT2D eigenvalue weighted by molar-refractivity contribution is 7.22. The van der Waals surface area contributed by atoms with Crippen LogP contribution in [0.15, 0.2) is 36.4 Å². The van der Waals surface area contributed by atoms with Crippen LogP contribution in [0.25, 0.3) is 10.2 Å². The van der Waals surface area contributed by atoms with Crippen LogP contribution in [0.3, 0.4) is 0 Å². The van der Waals surface area contributed by atoms with Crippen LogP contribution >= 0.6 is 34.5 Å². The monoisotopic (exact) mass is 397 g/mol. The maximum atomic E-state index is 12.0. The van der Waals surface area contributed by atoms with Gasteiger partial charge in [-0.05, 0) is 18.2 Å². The molecule has 0 fully saturated rings. The first-order chi connectivity index (χ1) is 11.9. The van der Waals surface area contributed by atoms with E-state index in [1.807, 2.05) is 0 Å². The first kappa shape index (κ1) is 17.4. The molecule has 0 bridgehead atoms. The van der Waals surface area contributed by atoms with Crippen LogP contribution in [0, 0.1) is 10.1 Å². The summed E-state index contributed by atoms with van der Waals surface area (Å²) < 4.78 is 5.94. The quantitative estimate of drug-likeness (QED) is 0.503. The van der Waals surface area contributed by atoms with Gasteiger partial charge in [0.25, 0.3) is 11.6 Å². The number of amides is 1. The molecule has 3 rings (SSSR count). The van der Waals surface area contributed by atoms with Gasteiger partial charge in [0.05, 0.1) is 20.2 Å². The van der Waals surface area contributed by atoms with Crippen molar-refractivity contribution in [2.45, 2.75) is 0 Å². The van der Waals surface area contributed by atoms with Gasteiger partial charge in [0.1, 0.15) is 5.75 Å². The Kier molecular flexibility index (Phi) is 5.03. The number of rotatable bonds is 5. The van der Waals surface area contributed by atoms with Gasteiger partial charge in [-0.1, -0.05) is 34.5 Å². The SMILES string of the molecule is O=C(COc1cc(Cl)ccc1Cl)Nc1nc2ccc([N+](=O)[O-])cc2s1. The van der Waals surface area contributed by atoms with Crippen molar-refractivity contribution in [1.29, 1.82) is 0 Å². The Hall–Kier alpha value is -2.42. The number of carbonyl (C=O) groups excluding carboxylic acids is 1. The molecule has 7 nitrogen and oxygen atoms in total. The molecule has 1 aromatic heterocycles. The van der Waals surface area contributed by atoms with Crippen LogP contribution in [0.2, 0.25) is 10.0 Å². The smallest absolute Gasteiger partial charge is 0.270 e. The lowest BCUT2D eigenvalue weighted by Crippen LogP contribution is -2.20. The highest BCUT2D eigenvalue weighted by Gasteiger charge is 2.13. The van der Waals surface area contributed by atoms with E-state index in [4.69, 9.17) is 27.9 Å². The van der Waals surface area contributed by atoms with E-state index in [2.05, 4.69) is 10.3 Å². The molecule has 0 atom stereocenters. The van der Waals surface area contributed by atoms with Gasteiger partial charge in [-0.2, -0.15) is 0 Å². The van der Waals surface area contributed by atoms with Crippen LogP contribution in [0.5, 0.6) is 5.75 Å². The average Bonchev–Trinajstić information content (AvgIpc) is 2.96. The Morgan fingerprint density at radius 3 is 2.84 bits per heavy atom. The van der Waals surface area contributed by atoms with Gasteiger partial charge in [-0.15, -0.1) is 0 Å². The molecule has 0 spiro atoms. The van der Waals surface area contributed by atoms with E-state index < -0.39 is 10.8 Å². The normalized spacial score (nSPS) is 10.6. The number of carbonyl (C=O) groups is 1. The lowest BCUT2D eigenvalue weighted by Gasteiger charge is -2.07. The summed E-state index contributed by atoms with van der Waals surface area (Å²) in [7, 11) is 0. The zero-order chi connectivity index (χ0) is 18.0. The summed E-state index contributed by atoms with van der Waals surface area (Å²) in [5, 5.41) is 14.5. The van der Waals surface area contributed by atoms with Crippen LogP contribution in [0.4, 0.5) is 10.8 Å². The molecule has 1 N–H and O–H groups in total. The number of aromatic nitrogens is 1. The number of nitrogens with zero attached hydrogens (tertiary/aromatic N) is 2. The van der Waals surface area contributed by atoms with Gasteiger partial charge in [0, 0.05) is 23.2 Å². The molecule has 128 valence electrons. The van der Waals surface area contributed by atoms with Crippen LogP contribution in [-0.4, -0.2) is 22.4 Å². The van der Waals surface area contributed by atoms with E-state index in [0.717, 1.165) is 11.3 Å². The highest BCUT2D eigenvalue weighted by atomic mass is 35.5. The molecule has 25 heavy (non-hydrogen) atoms. The molecule has 0 unspecified atom stereocenters. The standard InChI is InChI=1S/C15H9Cl2N3O4S/c16-8-1-3-10(17)12(5-8)24-7-14(21)19-15-18-11-4-2-9(20(22)23)6-13(11)25-15/h1-6H,7H2,(H,18,19,21). The van der Waals surface area contributed by atoms with E-state index >= 15 is 0 Å². The second kappa shape index (κ2) is 7.22. The fourth-order valence-corrected chi connectivity index (χ4v) is 3.22. The number of hydrogen-bond donors (Lipinski definition) is 1. The number of nitro groups is 1. The molecule has 3 aromatic rings. The highest BCUT2D eigenvalue weighted by Crippen LogP contribution is 2.30. The largest absolute Gasteiger partial charge is 0.482 e. The maximum absolute atomic E-state index is 12.0. The number of anilines is 1. The van der Waals surface area contributed by atoms with E-state index in [9.17, 15) is 14.9 Å². The second-order valence-corrected chi connectivity index (χ2v) is 6.71. The van der Waals surface area contributed by atoms with Crippen molar-refractivity contribution < 1.29 is 14.5 Å². The summed E-state index contributed by atoms with van der Waals surface area (Å²) in [6.07, 6.45) is 0. The predicted octanol–water partition coefficient (Wildman–Crippen LogP) is 4.53. The van der Waals surface area contributed by atoms with Gasteiger partial charge in [0.2, 0.25) is 0 Å². The number of fused-ring (bicyclic) bond motifs is 1. The van der Waals surface area contributed by atoms with E-state index in [0.29, 0.717) is 31.1 Å². The second-order valence-electron chi connectivity index (χ2n) is 4.84. The minimum absolute atomic E-state index is 0.0343. The third-order valence-electron chi connectivity index (χ3n) is 3.08. The Balaban J connectivity index is 1.67. The fourth-order valence-electron chi connectivity index (χ4n) is 1.97. The molecule has 2 aromatic carbocycles. The van der Waals surface area contributed by atoms with E-state index in [1.165, 1.54) is 24.3 Å². The van der Waals surface area contributed by atoms with Gasteiger partial charge in [-0.3, -0.25) is 20.2 Å². The Morgan fingerprint density at radius 2 is 2.08 bits per heavy atom. The molecular formula is C15H9Cl2N3O4S. The average molecular weight is 398 g/mol. The summed E-state index contributed by atoms with van der Waals surface area (Å²) in [5.74, 6) is -0.145. The number of hydrogen-bond acceptors (Lipinski definition) is 6. The molecule has 0 aliphatic carbocycles. The van der Waals surface area contributed by atoms with Crippen molar-refractivity contribution in [2.24, 2.45) is 0 Å². The van der Waals surface area contributed by atoms with Crippen LogP contribution < -0.4 is 10.1 Å². The van der Waals surface area contributed by atoms with Crippen molar-refractivity contribution in [3.8, 4) is 5.75 Å². The summed E-state index contributed by atoms with van der Waals surface area (Å²) in [4.78, 5) is 26.5. The first-order valence-electron chi connectivity index (χ1n) is 6.85. The predicted molar refractivity (Wildman–Crippen MR) is 96.9 cm³/mol. The molecule has 0 saturated carbocycles. The van der Waals surface area contributed by atoms with Crippen LogP contribution in [0.1, 0.15) is 0 Å². The van der Waals surface area contributed by atoms with Crippen molar-refractivity contribution >= 4 is 61.5 Å². The molecule has 0 aliphatic rings. The van der Waals surface area contributed by atoms with Crippen molar-refractivity contribution in [2.75, 3.05) is 11.9 Å². The van der Waals surface area contributed by atoms with Gasteiger partial charge in [-0.25, -0.2) is 4.98 Å². The lowest BCUT2D eigenvalue weighted by atomic mass is 10.3. The van der Waals surface area contributed by atoms with Crippen molar-refractivity contribution in [3.63, 3.8) is 0 Å². The summed E-state index contributed by atoms with van der Waals surface area (Å²) in [6.45, 7) is -0.282. The number of ether oxygens (including phenoxy) is 1. The number of non-ortho nitro benzene ring substituents is 1. The third-order valence-corrected chi connectivity index (χ3v) is 4.56. The minimum Gasteiger partial charge on any atom is -0.482 e. The summed E-state index contributed by atoms with van der Waals surface area (Å²) >= 11 is 12.9. The number of halogens is 2. The van der Waals surface area contributed by atoms with E-state index in [-0.39, 0.29) is 12.3 Å². The van der Waals surface area contributed by atoms with Crippen molar-refractivity contribution in [1.82, 2.24) is 4.98 Å². The molecule has 1 amide bonds. The van der Waals surface area contributed by atoms with Crippen molar-refractivity contribution in [3.05, 3.63) is 56.6 Å². The maximum Gasteiger partial charge on any atom is 0.270 e. The third kappa shape index (κ3) is 4.16. The Morgan fingerprint density at radius 1 is 1.28 bits per heavy atom.